The standard InChI is InChI=1S/C22H19ClN2O5S/c1-14-5-3-8-18(11-14)25-31(28,29)20-13-15(9-10-19(20)23)21(26)24-17-7-4-6-16(12-17)22(27)30-2/h3-13,25H,1-2H3,(H,24,26). The van der Waals surface area contributed by atoms with Crippen LogP contribution in [0.4, 0.5) is 11.4 Å². The van der Waals surface area contributed by atoms with Gasteiger partial charge in [-0.1, -0.05) is 29.8 Å². The van der Waals surface area contributed by atoms with Crippen molar-refractivity contribution in [1.82, 2.24) is 0 Å². The second kappa shape index (κ2) is 9.20. The topological polar surface area (TPSA) is 102 Å². The highest BCUT2D eigenvalue weighted by atomic mass is 35.5. The number of aryl methyl sites for hydroxylation is 1. The number of amides is 1. The average Bonchev–Trinajstić information content (AvgIpc) is 2.73. The summed E-state index contributed by atoms with van der Waals surface area (Å²) < 4.78 is 32.8. The van der Waals surface area contributed by atoms with Crippen molar-refractivity contribution >= 4 is 44.9 Å². The van der Waals surface area contributed by atoms with Crippen molar-refractivity contribution in [3.63, 3.8) is 0 Å². The molecule has 31 heavy (non-hydrogen) atoms. The van der Waals surface area contributed by atoms with Gasteiger partial charge in [-0.25, -0.2) is 13.2 Å². The van der Waals surface area contributed by atoms with Gasteiger partial charge in [-0.05, 0) is 61.0 Å². The zero-order chi connectivity index (χ0) is 22.6. The summed E-state index contributed by atoms with van der Waals surface area (Å²) in [6.45, 7) is 1.84. The van der Waals surface area contributed by atoms with Crippen LogP contribution in [0.3, 0.4) is 0 Å². The Labute approximate surface area is 185 Å². The van der Waals surface area contributed by atoms with Gasteiger partial charge in [0.05, 0.1) is 17.7 Å². The van der Waals surface area contributed by atoms with Crippen LogP contribution in [0.2, 0.25) is 5.02 Å². The van der Waals surface area contributed by atoms with E-state index in [0.717, 1.165) is 5.56 Å². The highest BCUT2D eigenvalue weighted by molar-refractivity contribution is 7.92. The van der Waals surface area contributed by atoms with Gasteiger partial charge in [0.2, 0.25) is 0 Å². The quantitative estimate of drug-likeness (QED) is 0.530. The van der Waals surface area contributed by atoms with E-state index in [1.165, 1.54) is 31.4 Å². The third-order valence-corrected chi connectivity index (χ3v) is 6.16. The zero-order valence-corrected chi connectivity index (χ0v) is 18.3. The molecule has 0 atom stereocenters. The van der Waals surface area contributed by atoms with Crippen LogP contribution < -0.4 is 10.0 Å². The fourth-order valence-corrected chi connectivity index (χ4v) is 4.39. The molecular formula is C22H19ClN2O5S. The molecule has 1 amide bonds. The number of halogens is 1. The summed E-state index contributed by atoms with van der Waals surface area (Å²) in [6.07, 6.45) is 0. The molecule has 0 heterocycles. The summed E-state index contributed by atoms with van der Waals surface area (Å²) in [5, 5.41) is 2.60. The van der Waals surface area contributed by atoms with Crippen LogP contribution in [0, 0.1) is 6.92 Å². The van der Waals surface area contributed by atoms with Gasteiger partial charge in [-0.3, -0.25) is 9.52 Å². The van der Waals surface area contributed by atoms with E-state index in [0.29, 0.717) is 11.4 Å². The third kappa shape index (κ3) is 5.42. The minimum atomic E-state index is -4.03. The molecule has 0 fully saturated rings. The van der Waals surface area contributed by atoms with E-state index in [4.69, 9.17) is 11.6 Å². The average molecular weight is 459 g/mol. The first-order valence-electron chi connectivity index (χ1n) is 9.08. The molecule has 0 aromatic heterocycles. The van der Waals surface area contributed by atoms with Crippen molar-refractivity contribution in [3.8, 4) is 0 Å². The molecule has 3 rings (SSSR count). The van der Waals surface area contributed by atoms with Gasteiger partial charge in [-0.2, -0.15) is 0 Å². The Bertz CT molecular complexity index is 1260. The lowest BCUT2D eigenvalue weighted by molar-refractivity contribution is 0.0600. The summed E-state index contributed by atoms with van der Waals surface area (Å²) in [7, 11) is -2.78. The van der Waals surface area contributed by atoms with E-state index in [1.807, 2.05) is 13.0 Å². The minimum Gasteiger partial charge on any atom is -0.465 e. The van der Waals surface area contributed by atoms with E-state index >= 15 is 0 Å². The molecule has 0 bridgehead atoms. The maximum Gasteiger partial charge on any atom is 0.337 e. The first-order valence-corrected chi connectivity index (χ1v) is 10.9. The van der Waals surface area contributed by atoms with Gasteiger partial charge in [0.25, 0.3) is 15.9 Å². The molecule has 0 aliphatic heterocycles. The molecule has 0 saturated carbocycles. The lowest BCUT2D eigenvalue weighted by Crippen LogP contribution is -2.16. The lowest BCUT2D eigenvalue weighted by Gasteiger charge is -2.12. The molecule has 0 saturated heterocycles. The Morgan fingerprint density at radius 2 is 1.61 bits per heavy atom. The molecule has 160 valence electrons. The number of hydrogen-bond acceptors (Lipinski definition) is 5. The van der Waals surface area contributed by atoms with Crippen molar-refractivity contribution in [2.75, 3.05) is 17.1 Å². The monoisotopic (exact) mass is 458 g/mol. The first kappa shape index (κ1) is 22.3. The second-order valence-electron chi connectivity index (χ2n) is 6.65. The van der Waals surface area contributed by atoms with Crippen molar-refractivity contribution in [1.29, 1.82) is 0 Å². The molecule has 3 aromatic carbocycles. The summed E-state index contributed by atoms with van der Waals surface area (Å²) in [6, 6.07) is 17.0. The minimum absolute atomic E-state index is 0.0237. The van der Waals surface area contributed by atoms with Gasteiger partial charge >= 0.3 is 5.97 Å². The molecule has 9 heteroatoms. The largest absolute Gasteiger partial charge is 0.465 e. The van der Waals surface area contributed by atoms with Crippen LogP contribution in [0.5, 0.6) is 0 Å². The molecule has 7 nitrogen and oxygen atoms in total. The number of nitrogens with one attached hydrogen (secondary N) is 2. The van der Waals surface area contributed by atoms with Gasteiger partial charge in [0.15, 0.2) is 0 Å². The molecular weight excluding hydrogens is 440 g/mol. The zero-order valence-electron chi connectivity index (χ0n) is 16.7. The Morgan fingerprint density at radius 3 is 2.32 bits per heavy atom. The molecule has 0 aliphatic carbocycles. The Morgan fingerprint density at radius 1 is 0.903 bits per heavy atom. The Kier molecular flexibility index (Phi) is 6.62. The molecule has 3 aromatic rings. The number of hydrogen-bond donors (Lipinski definition) is 2. The molecule has 2 N–H and O–H groups in total. The summed E-state index contributed by atoms with van der Waals surface area (Å²) >= 11 is 6.11. The van der Waals surface area contributed by atoms with Crippen molar-refractivity contribution < 1.29 is 22.7 Å². The maximum absolute atomic E-state index is 12.8. The molecule has 0 unspecified atom stereocenters. The van der Waals surface area contributed by atoms with Crippen LogP contribution in [0.25, 0.3) is 0 Å². The number of benzene rings is 3. The number of rotatable bonds is 6. The van der Waals surface area contributed by atoms with Crippen molar-refractivity contribution in [3.05, 3.63) is 88.4 Å². The van der Waals surface area contributed by atoms with E-state index in [1.54, 1.807) is 36.4 Å². The van der Waals surface area contributed by atoms with E-state index < -0.39 is 21.9 Å². The molecule has 0 aliphatic rings. The first-order chi connectivity index (χ1) is 14.7. The molecule has 0 spiro atoms. The maximum atomic E-state index is 12.8. The summed E-state index contributed by atoms with van der Waals surface area (Å²) in [5.41, 5.74) is 1.96. The lowest BCUT2D eigenvalue weighted by atomic mass is 10.1. The normalized spacial score (nSPS) is 10.9. The number of sulfonamides is 1. The van der Waals surface area contributed by atoms with E-state index in [2.05, 4.69) is 14.8 Å². The summed E-state index contributed by atoms with van der Waals surface area (Å²) in [5.74, 6) is -1.11. The molecule has 0 radical (unpaired) electrons. The van der Waals surface area contributed by atoms with Gasteiger partial charge < -0.3 is 10.1 Å². The van der Waals surface area contributed by atoms with Gasteiger partial charge in [0, 0.05) is 16.9 Å². The summed E-state index contributed by atoms with van der Waals surface area (Å²) in [4.78, 5) is 24.1. The number of carbonyl (C=O) groups is 2. The third-order valence-electron chi connectivity index (χ3n) is 4.29. The second-order valence-corrected chi connectivity index (χ2v) is 8.70. The predicted octanol–water partition coefficient (Wildman–Crippen LogP) is 4.49. The van der Waals surface area contributed by atoms with Crippen LogP contribution >= 0.6 is 11.6 Å². The van der Waals surface area contributed by atoms with Gasteiger partial charge in [-0.15, -0.1) is 0 Å². The Balaban J connectivity index is 1.86. The van der Waals surface area contributed by atoms with E-state index in [9.17, 15) is 18.0 Å². The number of carbonyl (C=O) groups excluding carboxylic acids is 2. The fraction of sp³-hybridized carbons (Fsp3) is 0.0909. The van der Waals surface area contributed by atoms with Crippen LogP contribution in [-0.4, -0.2) is 27.4 Å². The van der Waals surface area contributed by atoms with Crippen molar-refractivity contribution in [2.24, 2.45) is 0 Å². The highest BCUT2D eigenvalue weighted by Gasteiger charge is 2.21. The van der Waals surface area contributed by atoms with Crippen LogP contribution in [0.15, 0.2) is 71.6 Å². The number of anilines is 2. The fourth-order valence-electron chi connectivity index (χ4n) is 2.81. The SMILES string of the molecule is COC(=O)c1cccc(NC(=O)c2ccc(Cl)c(S(=O)(=O)Nc3cccc(C)c3)c2)c1. The smallest absolute Gasteiger partial charge is 0.337 e. The number of methoxy groups -OCH3 is 1. The van der Waals surface area contributed by atoms with Crippen LogP contribution in [0.1, 0.15) is 26.3 Å². The number of esters is 1. The van der Waals surface area contributed by atoms with E-state index in [-0.39, 0.29) is 21.0 Å². The Hall–Kier alpha value is -3.36. The highest BCUT2D eigenvalue weighted by Crippen LogP contribution is 2.26. The number of ether oxygens (including phenoxy) is 1. The van der Waals surface area contributed by atoms with Crippen molar-refractivity contribution in [2.45, 2.75) is 11.8 Å². The van der Waals surface area contributed by atoms with Crippen LogP contribution in [-0.2, 0) is 14.8 Å². The predicted molar refractivity (Wildman–Crippen MR) is 119 cm³/mol. The van der Waals surface area contributed by atoms with Gasteiger partial charge in [0.1, 0.15) is 4.90 Å².